The lowest BCUT2D eigenvalue weighted by Crippen LogP contribution is -2.37. The molecular weight excluding hydrogens is 250 g/mol. The Hall–Kier alpha value is -1.90. The molecule has 0 unspecified atom stereocenters. The van der Waals surface area contributed by atoms with Crippen molar-refractivity contribution in [2.75, 3.05) is 13.1 Å². The molecule has 3 heteroatoms. The zero-order valence-corrected chi connectivity index (χ0v) is 12.3. The Morgan fingerprint density at radius 3 is 2.30 bits per heavy atom. The highest BCUT2D eigenvalue weighted by molar-refractivity contribution is 5.91. The van der Waals surface area contributed by atoms with Crippen LogP contribution in [0.2, 0.25) is 0 Å². The Balaban J connectivity index is 0.000000956. The van der Waals surface area contributed by atoms with Crippen LogP contribution in [0.25, 0.3) is 6.08 Å². The summed E-state index contributed by atoms with van der Waals surface area (Å²) in [6.07, 6.45) is 6.01. The third-order valence-corrected chi connectivity index (χ3v) is 3.26. The number of hydrogen-bond donors (Lipinski definition) is 0. The van der Waals surface area contributed by atoms with E-state index in [2.05, 4.69) is 0 Å². The summed E-state index contributed by atoms with van der Waals surface area (Å²) < 4.78 is 0. The predicted octanol–water partition coefficient (Wildman–Crippen LogP) is 3.16. The maximum absolute atomic E-state index is 11.9. The van der Waals surface area contributed by atoms with E-state index in [1.807, 2.05) is 50.3 Å². The van der Waals surface area contributed by atoms with Gasteiger partial charge in [-0.15, -0.1) is 0 Å². The number of hydrogen-bond acceptors (Lipinski definition) is 2. The Bertz CT molecular complexity index is 432. The molecule has 0 N–H and O–H groups in total. The number of piperidine rings is 1. The standard InChI is InChI=1S/C15H17NO2.C2H6/c17-12-14-8-10-16(11-9-14)15(18)7-6-13-4-2-1-3-5-13;1-2/h1-7,12,14H,8-11H2;1-2H3/b7-6+;. The molecule has 1 aliphatic rings. The Kier molecular flexibility index (Phi) is 7.33. The van der Waals surface area contributed by atoms with Gasteiger partial charge in [-0.25, -0.2) is 0 Å². The number of aldehydes is 1. The first-order chi connectivity index (χ1) is 9.79. The van der Waals surface area contributed by atoms with Gasteiger partial charge in [0.25, 0.3) is 0 Å². The maximum atomic E-state index is 11.9. The minimum Gasteiger partial charge on any atom is -0.339 e. The first-order valence-corrected chi connectivity index (χ1v) is 7.27. The van der Waals surface area contributed by atoms with Crippen LogP contribution < -0.4 is 0 Å². The van der Waals surface area contributed by atoms with Crippen molar-refractivity contribution in [1.82, 2.24) is 4.90 Å². The van der Waals surface area contributed by atoms with E-state index in [1.54, 1.807) is 11.0 Å². The van der Waals surface area contributed by atoms with Crippen molar-refractivity contribution in [2.24, 2.45) is 5.92 Å². The molecule has 1 fully saturated rings. The SMILES string of the molecule is CC.O=CC1CCN(C(=O)/C=C/c2ccccc2)CC1. The zero-order valence-electron chi connectivity index (χ0n) is 12.3. The molecule has 1 aromatic carbocycles. The highest BCUT2D eigenvalue weighted by Gasteiger charge is 2.20. The van der Waals surface area contributed by atoms with Gasteiger partial charge in [0.05, 0.1) is 0 Å². The highest BCUT2D eigenvalue weighted by Crippen LogP contribution is 2.15. The molecule has 2 rings (SSSR count). The zero-order chi connectivity index (χ0) is 14.8. The van der Waals surface area contributed by atoms with E-state index in [-0.39, 0.29) is 11.8 Å². The van der Waals surface area contributed by atoms with Crippen LogP contribution in [0.5, 0.6) is 0 Å². The van der Waals surface area contributed by atoms with Gasteiger partial charge >= 0.3 is 0 Å². The molecule has 0 spiro atoms. The minimum absolute atomic E-state index is 0.0307. The van der Waals surface area contributed by atoms with E-state index in [0.717, 1.165) is 24.7 Å². The van der Waals surface area contributed by atoms with Gasteiger partial charge in [0, 0.05) is 25.1 Å². The van der Waals surface area contributed by atoms with Crippen LogP contribution in [0.15, 0.2) is 36.4 Å². The lowest BCUT2D eigenvalue weighted by atomic mass is 9.98. The average molecular weight is 273 g/mol. The van der Waals surface area contributed by atoms with Crippen molar-refractivity contribution in [3.63, 3.8) is 0 Å². The summed E-state index contributed by atoms with van der Waals surface area (Å²) in [7, 11) is 0. The molecule has 0 saturated carbocycles. The van der Waals surface area contributed by atoms with Gasteiger partial charge in [-0.05, 0) is 24.5 Å². The molecule has 108 valence electrons. The first kappa shape index (κ1) is 16.2. The number of likely N-dealkylation sites (tertiary alicyclic amines) is 1. The Labute approximate surface area is 121 Å². The van der Waals surface area contributed by atoms with Crippen molar-refractivity contribution < 1.29 is 9.59 Å². The summed E-state index contributed by atoms with van der Waals surface area (Å²) in [6.45, 7) is 5.36. The summed E-state index contributed by atoms with van der Waals surface area (Å²) in [5.41, 5.74) is 1.02. The van der Waals surface area contributed by atoms with Gasteiger partial charge < -0.3 is 9.69 Å². The fourth-order valence-electron chi connectivity index (χ4n) is 2.09. The minimum atomic E-state index is 0.0307. The quantitative estimate of drug-likeness (QED) is 0.626. The van der Waals surface area contributed by atoms with Gasteiger partial charge in [0.1, 0.15) is 6.29 Å². The molecule has 0 radical (unpaired) electrons. The number of carbonyl (C=O) groups excluding carboxylic acids is 2. The molecular formula is C17H23NO2. The van der Waals surface area contributed by atoms with Crippen molar-refractivity contribution in [1.29, 1.82) is 0 Å². The summed E-state index contributed by atoms with van der Waals surface area (Å²) >= 11 is 0. The summed E-state index contributed by atoms with van der Waals surface area (Å²) in [4.78, 5) is 24.4. The molecule has 1 aromatic rings. The number of rotatable bonds is 3. The second-order valence-corrected chi connectivity index (χ2v) is 4.54. The normalized spacial score (nSPS) is 15.6. The number of carbonyl (C=O) groups is 2. The third-order valence-electron chi connectivity index (χ3n) is 3.26. The van der Waals surface area contributed by atoms with Crippen LogP contribution in [0.3, 0.4) is 0 Å². The number of nitrogens with zero attached hydrogens (tertiary/aromatic N) is 1. The van der Waals surface area contributed by atoms with E-state index in [1.165, 1.54) is 0 Å². The smallest absolute Gasteiger partial charge is 0.246 e. The lowest BCUT2D eigenvalue weighted by Gasteiger charge is -2.28. The fourth-order valence-corrected chi connectivity index (χ4v) is 2.09. The molecule has 0 atom stereocenters. The molecule has 0 aromatic heterocycles. The van der Waals surface area contributed by atoms with Crippen molar-refractivity contribution in [3.05, 3.63) is 42.0 Å². The molecule has 1 aliphatic heterocycles. The summed E-state index contributed by atoms with van der Waals surface area (Å²) in [6, 6.07) is 9.76. The first-order valence-electron chi connectivity index (χ1n) is 7.27. The fraction of sp³-hybridized carbons (Fsp3) is 0.412. The van der Waals surface area contributed by atoms with Crippen molar-refractivity contribution in [3.8, 4) is 0 Å². The second kappa shape index (κ2) is 9.08. The van der Waals surface area contributed by atoms with Gasteiger partial charge in [0.2, 0.25) is 5.91 Å². The van der Waals surface area contributed by atoms with Crippen LogP contribution in [0.4, 0.5) is 0 Å². The summed E-state index contributed by atoms with van der Waals surface area (Å²) in [5.74, 6) is 0.162. The predicted molar refractivity (Wildman–Crippen MR) is 82.2 cm³/mol. The topological polar surface area (TPSA) is 37.4 Å². The third kappa shape index (κ3) is 5.00. The van der Waals surface area contributed by atoms with E-state index in [0.29, 0.717) is 13.1 Å². The van der Waals surface area contributed by atoms with E-state index in [4.69, 9.17) is 0 Å². The summed E-state index contributed by atoms with van der Waals surface area (Å²) in [5, 5.41) is 0. The number of benzene rings is 1. The molecule has 1 heterocycles. The average Bonchev–Trinajstić information content (AvgIpc) is 2.55. The van der Waals surface area contributed by atoms with E-state index in [9.17, 15) is 9.59 Å². The van der Waals surface area contributed by atoms with Crippen LogP contribution in [0, 0.1) is 5.92 Å². The Morgan fingerprint density at radius 1 is 1.15 bits per heavy atom. The van der Waals surface area contributed by atoms with Crippen molar-refractivity contribution in [2.45, 2.75) is 26.7 Å². The molecule has 0 aliphatic carbocycles. The van der Waals surface area contributed by atoms with Gasteiger partial charge in [0.15, 0.2) is 0 Å². The largest absolute Gasteiger partial charge is 0.339 e. The number of amides is 1. The van der Waals surface area contributed by atoms with Gasteiger partial charge in [-0.1, -0.05) is 44.2 Å². The van der Waals surface area contributed by atoms with Gasteiger partial charge in [-0.2, -0.15) is 0 Å². The van der Waals surface area contributed by atoms with Crippen LogP contribution in [0.1, 0.15) is 32.3 Å². The molecule has 1 amide bonds. The molecule has 3 nitrogen and oxygen atoms in total. The van der Waals surface area contributed by atoms with E-state index < -0.39 is 0 Å². The maximum Gasteiger partial charge on any atom is 0.246 e. The van der Waals surface area contributed by atoms with Gasteiger partial charge in [-0.3, -0.25) is 4.79 Å². The molecule has 0 bridgehead atoms. The van der Waals surface area contributed by atoms with Crippen LogP contribution in [-0.2, 0) is 9.59 Å². The van der Waals surface area contributed by atoms with E-state index >= 15 is 0 Å². The monoisotopic (exact) mass is 273 g/mol. The molecule has 1 saturated heterocycles. The van der Waals surface area contributed by atoms with Crippen LogP contribution >= 0.6 is 0 Å². The Morgan fingerprint density at radius 2 is 1.75 bits per heavy atom. The lowest BCUT2D eigenvalue weighted by molar-refractivity contribution is -0.128. The second-order valence-electron chi connectivity index (χ2n) is 4.54. The highest BCUT2D eigenvalue weighted by atomic mass is 16.2. The van der Waals surface area contributed by atoms with Crippen LogP contribution in [-0.4, -0.2) is 30.2 Å². The molecule has 20 heavy (non-hydrogen) atoms. The van der Waals surface area contributed by atoms with Crippen molar-refractivity contribution >= 4 is 18.3 Å².